The number of nitrogens with one attached hydrogen (secondary N) is 2. The van der Waals surface area contributed by atoms with Gasteiger partial charge in [-0.05, 0) is 37.3 Å². The number of hydrogen-bond donors (Lipinski definition) is 2. The minimum absolute atomic E-state index is 0.0616. The highest BCUT2D eigenvalue weighted by molar-refractivity contribution is 7.14. The van der Waals surface area contributed by atoms with Crippen LogP contribution in [0.25, 0.3) is 0 Å². The molecule has 0 spiro atoms. The number of carbonyl (C=O) groups excluding carboxylic acids is 3. The van der Waals surface area contributed by atoms with E-state index >= 15 is 0 Å². The van der Waals surface area contributed by atoms with Crippen LogP contribution in [0.3, 0.4) is 0 Å². The first-order valence-corrected chi connectivity index (χ1v) is 9.46. The molecule has 0 bridgehead atoms. The number of aliphatic imine (C=N–C) groups is 1. The van der Waals surface area contributed by atoms with Gasteiger partial charge in [-0.15, -0.1) is 11.3 Å². The lowest BCUT2D eigenvalue weighted by molar-refractivity contribution is -0.128. The zero-order valence-electron chi connectivity index (χ0n) is 15.0. The number of hydrogen-bond acceptors (Lipinski definition) is 6. The van der Waals surface area contributed by atoms with Gasteiger partial charge < -0.3 is 15.4 Å². The predicted molar refractivity (Wildman–Crippen MR) is 107 cm³/mol. The molecule has 8 nitrogen and oxygen atoms in total. The molecule has 2 aromatic rings. The minimum atomic E-state index is -0.958. The standard InChI is InChI=1S/C19H18N4O4S/c1-2-27-14-7-5-12(6-8-14)21-16(24)10-13-11-28-19(22-13)23-18(26)15-4-3-9-20-17(15)25/h3-9,11,15H,2,10H2,1H3,(H,21,24)(H,22,23,26). The number of aromatic nitrogens is 1. The number of benzene rings is 1. The Hall–Kier alpha value is -3.33. The Labute approximate surface area is 165 Å². The Bertz CT molecular complexity index is 934. The Kier molecular flexibility index (Phi) is 6.28. The van der Waals surface area contributed by atoms with Crippen molar-refractivity contribution in [2.75, 3.05) is 17.2 Å². The molecule has 0 saturated heterocycles. The summed E-state index contributed by atoms with van der Waals surface area (Å²) in [5, 5.41) is 7.37. The summed E-state index contributed by atoms with van der Waals surface area (Å²) in [5.74, 6) is -1.48. The summed E-state index contributed by atoms with van der Waals surface area (Å²) in [6, 6.07) is 7.07. The first-order valence-electron chi connectivity index (χ1n) is 8.58. The average molecular weight is 398 g/mol. The maximum absolute atomic E-state index is 12.2. The number of dihydropyridines is 1. The van der Waals surface area contributed by atoms with E-state index in [0.717, 1.165) is 5.75 Å². The summed E-state index contributed by atoms with van der Waals surface area (Å²) >= 11 is 1.19. The van der Waals surface area contributed by atoms with E-state index in [2.05, 4.69) is 20.6 Å². The lowest BCUT2D eigenvalue weighted by Crippen LogP contribution is -2.28. The molecule has 28 heavy (non-hydrogen) atoms. The molecule has 0 saturated carbocycles. The maximum Gasteiger partial charge on any atom is 0.262 e. The van der Waals surface area contributed by atoms with E-state index in [1.165, 1.54) is 23.6 Å². The van der Waals surface area contributed by atoms with Crippen molar-refractivity contribution in [1.82, 2.24) is 4.98 Å². The number of amides is 3. The van der Waals surface area contributed by atoms with Crippen LogP contribution in [0.15, 0.2) is 46.8 Å². The molecule has 1 aliphatic rings. The highest BCUT2D eigenvalue weighted by Gasteiger charge is 2.25. The zero-order valence-corrected chi connectivity index (χ0v) is 15.9. The molecular weight excluding hydrogens is 380 g/mol. The molecular formula is C19H18N4O4S. The number of carbonyl (C=O) groups is 3. The zero-order chi connectivity index (χ0) is 19.9. The Morgan fingerprint density at radius 2 is 2.00 bits per heavy atom. The van der Waals surface area contributed by atoms with Crippen molar-refractivity contribution in [3.05, 3.63) is 47.5 Å². The molecule has 1 aliphatic heterocycles. The van der Waals surface area contributed by atoms with E-state index in [-0.39, 0.29) is 12.3 Å². The molecule has 1 aromatic heterocycles. The number of rotatable bonds is 7. The van der Waals surface area contributed by atoms with E-state index in [4.69, 9.17) is 4.74 Å². The number of ether oxygens (including phenoxy) is 1. The summed E-state index contributed by atoms with van der Waals surface area (Å²) in [6.45, 7) is 2.48. The van der Waals surface area contributed by atoms with Gasteiger partial charge in [-0.1, -0.05) is 6.08 Å². The SMILES string of the molecule is CCOc1ccc(NC(=O)Cc2csc(NC(=O)C3C=CC=NC3=O)n2)cc1. The smallest absolute Gasteiger partial charge is 0.262 e. The molecule has 2 heterocycles. The third-order valence-corrected chi connectivity index (χ3v) is 4.52. The maximum atomic E-state index is 12.2. The van der Waals surface area contributed by atoms with Gasteiger partial charge in [0.1, 0.15) is 11.7 Å². The predicted octanol–water partition coefficient (Wildman–Crippen LogP) is 2.44. The lowest BCUT2D eigenvalue weighted by Gasteiger charge is -2.09. The third-order valence-electron chi connectivity index (χ3n) is 3.71. The largest absolute Gasteiger partial charge is 0.494 e. The van der Waals surface area contributed by atoms with Crippen LogP contribution in [0.1, 0.15) is 12.6 Å². The summed E-state index contributed by atoms with van der Waals surface area (Å²) in [6.07, 6.45) is 4.43. The fraction of sp³-hybridized carbons (Fsp3) is 0.211. The normalized spacial score (nSPS) is 15.3. The van der Waals surface area contributed by atoms with Crippen LogP contribution < -0.4 is 15.4 Å². The van der Waals surface area contributed by atoms with Gasteiger partial charge in [0.25, 0.3) is 5.91 Å². The molecule has 2 N–H and O–H groups in total. The Morgan fingerprint density at radius 3 is 2.71 bits per heavy atom. The molecule has 3 amide bonds. The van der Waals surface area contributed by atoms with Crippen LogP contribution in [0, 0.1) is 5.92 Å². The van der Waals surface area contributed by atoms with E-state index in [9.17, 15) is 14.4 Å². The van der Waals surface area contributed by atoms with Crippen LogP contribution in [0.2, 0.25) is 0 Å². The van der Waals surface area contributed by atoms with Crippen LogP contribution in [-0.4, -0.2) is 35.5 Å². The highest BCUT2D eigenvalue weighted by Crippen LogP contribution is 2.19. The fourth-order valence-electron chi connectivity index (χ4n) is 2.44. The van der Waals surface area contributed by atoms with Gasteiger partial charge >= 0.3 is 0 Å². The van der Waals surface area contributed by atoms with Crippen molar-refractivity contribution in [2.24, 2.45) is 10.9 Å². The van der Waals surface area contributed by atoms with Crippen molar-refractivity contribution < 1.29 is 19.1 Å². The second-order valence-electron chi connectivity index (χ2n) is 5.79. The number of thiazole rings is 1. The quantitative estimate of drug-likeness (QED) is 0.696. The van der Waals surface area contributed by atoms with E-state index in [0.29, 0.717) is 23.1 Å². The summed E-state index contributed by atoms with van der Waals surface area (Å²) in [4.78, 5) is 43.8. The molecule has 0 aliphatic carbocycles. The second kappa shape index (κ2) is 9.05. The van der Waals surface area contributed by atoms with Gasteiger partial charge in [0.05, 0.1) is 18.7 Å². The first kappa shape index (κ1) is 19.4. The highest BCUT2D eigenvalue weighted by atomic mass is 32.1. The number of anilines is 2. The van der Waals surface area contributed by atoms with Crippen molar-refractivity contribution in [1.29, 1.82) is 0 Å². The molecule has 1 atom stereocenters. The van der Waals surface area contributed by atoms with Gasteiger partial charge in [-0.2, -0.15) is 0 Å². The molecule has 9 heteroatoms. The average Bonchev–Trinajstić information content (AvgIpc) is 3.10. The monoisotopic (exact) mass is 398 g/mol. The lowest BCUT2D eigenvalue weighted by atomic mass is 10.1. The number of nitrogens with zero attached hydrogens (tertiary/aromatic N) is 2. The van der Waals surface area contributed by atoms with Crippen LogP contribution in [0.5, 0.6) is 5.75 Å². The van der Waals surface area contributed by atoms with Crippen molar-refractivity contribution in [3.63, 3.8) is 0 Å². The van der Waals surface area contributed by atoms with E-state index < -0.39 is 17.7 Å². The van der Waals surface area contributed by atoms with Gasteiger partial charge in [0.15, 0.2) is 5.13 Å². The molecule has 3 rings (SSSR count). The summed E-state index contributed by atoms with van der Waals surface area (Å²) in [5.41, 5.74) is 1.17. The van der Waals surface area contributed by atoms with Crippen LogP contribution in [0.4, 0.5) is 10.8 Å². The topological polar surface area (TPSA) is 110 Å². The van der Waals surface area contributed by atoms with Gasteiger partial charge in [0.2, 0.25) is 11.8 Å². The van der Waals surface area contributed by atoms with Crippen molar-refractivity contribution in [3.8, 4) is 5.75 Å². The Morgan fingerprint density at radius 1 is 1.21 bits per heavy atom. The fourth-order valence-corrected chi connectivity index (χ4v) is 3.15. The first-order chi connectivity index (χ1) is 13.5. The molecule has 1 unspecified atom stereocenters. The van der Waals surface area contributed by atoms with Crippen LogP contribution >= 0.6 is 11.3 Å². The Balaban J connectivity index is 1.53. The summed E-state index contributed by atoms with van der Waals surface area (Å²) < 4.78 is 5.36. The molecule has 0 fully saturated rings. The van der Waals surface area contributed by atoms with Crippen LogP contribution in [-0.2, 0) is 20.8 Å². The van der Waals surface area contributed by atoms with Gasteiger partial charge in [-0.3, -0.25) is 14.4 Å². The molecule has 1 aromatic carbocycles. The van der Waals surface area contributed by atoms with Crippen molar-refractivity contribution in [2.45, 2.75) is 13.3 Å². The van der Waals surface area contributed by atoms with E-state index in [1.807, 2.05) is 6.92 Å². The number of allylic oxidation sites excluding steroid dienone is 1. The third kappa shape index (κ3) is 5.10. The second-order valence-corrected chi connectivity index (χ2v) is 6.65. The van der Waals surface area contributed by atoms with Gasteiger partial charge in [0, 0.05) is 17.3 Å². The van der Waals surface area contributed by atoms with E-state index in [1.54, 1.807) is 35.7 Å². The molecule has 0 radical (unpaired) electrons. The minimum Gasteiger partial charge on any atom is -0.494 e. The van der Waals surface area contributed by atoms with Gasteiger partial charge in [-0.25, -0.2) is 9.98 Å². The molecule has 144 valence electrons. The summed E-state index contributed by atoms with van der Waals surface area (Å²) in [7, 11) is 0. The van der Waals surface area contributed by atoms with Crippen molar-refractivity contribution >= 4 is 46.1 Å².